The van der Waals surface area contributed by atoms with Crippen molar-refractivity contribution in [2.24, 2.45) is 4.99 Å². The zero-order chi connectivity index (χ0) is 13.9. The molecule has 108 valence electrons. The van der Waals surface area contributed by atoms with Gasteiger partial charge in [0.2, 0.25) is 0 Å². The summed E-state index contributed by atoms with van der Waals surface area (Å²) < 4.78 is 7.20. The topological polar surface area (TPSA) is 63.5 Å². The Hall–Kier alpha value is -1.56. The second-order valence-electron chi connectivity index (χ2n) is 4.26. The zero-order valence-corrected chi connectivity index (χ0v) is 12.1. The Labute approximate surface area is 115 Å². The summed E-state index contributed by atoms with van der Waals surface area (Å²) in [6, 6.07) is 0. The van der Waals surface area contributed by atoms with E-state index in [4.69, 9.17) is 4.74 Å². The van der Waals surface area contributed by atoms with E-state index in [9.17, 15) is 0 Å². The molecule has 0 saturated carbocycles. The number of nitrogens with one attached hydrogen (secondary N) is 2. The molecule has 0 aliphatic carbocycles. The van der Waals surface area contributed by atoms with Crippen LogP contribution in [0, 0.1) is 6.92 Å². The van der Waals surface area contributed by atoms with Crippen molar-refractivity contribution in [3.63, 3.8) is 0 Å². The molecular formula is C13H25N5O. The lowest BCUT2D eigenvalue weighted by molar-refractivity contribution is 0.145. The highest BCUT2D eigenvalue weighted by Crippen LogP contribution is 1.92. The lowest BCUT2D eigenvalue weighted by atomic mass is 10.4. The Morgan fingerprint density at radius 2 is 2.21 bits per heavy atom. The van der Waals surface area contributed by atoms with Gasteiger partial charge in [-0.3, -0.25) is 9.67 Å². The average molecular weight is 267 g/mol. The zero-order valence-electron chi connectivity index (χ0n) is 12.1. The van der Waals surface area contributed by atoms with Crippen molar-refractivity contribution in [3.8, 4) is 0 Å². The van der Waals surface area contributed by atoms with E-state index in [0.29, 0.717) is 0 Å². The second kappa shape index (κ2) is 9.38. The van der Waals surface area contributed by atoms with Crippen molar-refractivity contribution >= 4 is 5.96 Å². The molecule has 0 radical (unpaired) electrons. The molecule has 6 heteroatoms. The third kappa shape index (κ3) is 6.81. The van der Waals surface area contributed by atoms with Gasteiger partial charge in [-0.15, -0.1) is 0 Å². The molecule has 1 rings (SSSR count). The predicted molar refractivity (Wildman–Crippen MR) is 77.4 cm³/mol. The van der Waals surface area contributed by atoms with Gasteiger partial charge >= 0.3 is 0 Å². The summed E-state index contributed by atoms with van der Waals surface area (Å²) in [5.41, 5.74) is 1.18. The van der Waals surface area contributed by atoms with Crippen LogP contribution in [-0.4, -0.2) is 49.1 Å². The van der Waals surface area contributed by atoms with Gasteiger partial charge in [0.25, 0.3) is 0 Å². The van der Waals surface area contributed by atoms with E-state index >= 15 is 0 Å². The van der Waals surface area contributed by atoms with E-state index in [1.54, 1.807) is 7.05 Å². The summed E-state index contributed by atoms with van der Waals surface area (Å²) in [6.45, 7) is 8.09. The molecule has 0 atom stereocenters. The molecule has 2 N–H and O–H groups in total. The number of aryl methyl sites for hydroxylation is 1. The molecule has 0 unspecified atom stereocenters. The van der Waals surface area contributed by atoms with E-state index in [1.807, 2.05) is 30.9 Å². The average Bonchev–Trinajstić information content (AvgIpc) is 2.82. The molecule has 0 saturated heterocycles. The van der Waals surface area contributed by atoms with Gasteiger partial charge in [0.15, 0.2) is 5.96 Å². The van der Waals surface area contributed by atoms with Crippen molar-refractivity contribution in [2.45, 2.75) is 26.8 Å². The number of rotatable bonds is 8. The van der Waals surface area contributed by atoms with Crippen LogP contribution in [0.3, 0.4) is 0 Å². The normalized spacial score (nSPS) is 11.6. The van der Waals surface area contributed by atoms with Crippen molar-refractivity contribution in [2.75, 3.05) is 33.4 Å². The Morgan fingerprint density at radius 3 is 2.84 bits per heavy atom. The van der Waals surface area contributed by atoms with E-state index in [2.05, 4.69) is 20.7 Å². The quantitative estimate of drug-likeness (QED) is 0.415. The van der Waals surface area contributed by atoms with E-state index in [1.165, 1.54) is 5.56 Å². The standard InChI is InChI=1S/C13H25N5O/c1-4-19-9-5-6-15-13(14-3)16-7-8-18-11-12(2)10-17-18/h10-11H,4-9H2,1-3H3,(H2,14,15,16). The second-order valence-corrected chi connectivity index (χ2v) is 4.26. The largest absolute Gasteiger partial charge is 0.382 e. The molecule has 0 spiro atoms. The lowest BCUT2D eigenvalue weighted by Crippen LogP contribution is -2.39. The van der Waals surface area contributed by atoms with Crippen LogP contribution in [0.25, 0.3) is 0 Å². The number of aliphatic imine (C=N–C) groups is 1. The maximum Gasteiger partial charge on any atom is 0.191 e. The van der Waals surface area contributed by atoms with Gasteiger partial charge in [-0.25, -0.2) is 0 Å². The first-order chi connectivity index (χ1) is 9.26. The molecule has 1 aromatic rings. The van der Waals surface area contributed by atoms with Gasteiger partial charge in [0.1, 0.15) is 0 Å². The molecule has 0 aromatic carbocycles. The van der Waals surface area contributed by atoms with Crippen molar-refractivity contribution < 1.29 is 4.74 Å². The van der Waals surface area contributed by atoms with E-state index < -0.39 is 0 Å². The summed E-state index contributed by atoms with van der Waals surface area (Å²) in [6.07, 6.45) is 4.87. The third-order valence-electron chi connectivity index (χ3n) is 2.58. The van der Waals surface area contributed by atoms with Crippen molar-refractivity contribution in [1.29, 1.82) is 0 Å². The molecule has 0 bridgehead atoms. The van der Waals surface area contributed by atoms with Gasteiger partial charge in [-0.1, -0.05) is 0 Å². The van der Waals surface area contributed by atoms with Crippen molar-refractivity contribution in [1.82, 2.24) is 20.4 Å². The Bertz CT molecular complexity index is 375. The lowest BCUT2D eigenvalue weighted by Gasteiger charge is -2.11. The molecule has 0 amide bonds. The molecule has 0 aliphatic rings. The first-order valence-corrected chi connectivity index (χ1v) is 6.77. The van der Waals surface area contributed by atoms with Crippen LogP contribution >= 0.6 is 0 Å². The van der Waals surface area contributed by atoms with Crippen LogP contribution in [0.5, 0.6) is 0 Å². The number of nitrogens with zero attached hydrogens (tertiary/aromatic N) is 3. The fourth-order valence-electron chi connectivity index (χ4n) is 1.62. The summed E-state index contributed by atoms with van der Waals surface area (Å²) >= 11 is 0. The highest BCUT2D eigenvalue weighted by molar-refractivity contribution is 5.79. The third-order valence-corrected chi connectivity index (χ3v) is 2.58. The van der Waals surface area contributed by atoms with Crippen LogP contribution in [0.1, 0.15) is 18.9 Å². The number of ether oxygens (including phenoxy) is 1. The summed E-state index contributed by atoms with van der Waals surface area (Å²) in [7, 11) is 1.77. The van der Waals surface area contributed by atoms with E-state index in [0.717, 1.165) is 45.2 Å². The van der Waals surface area contributed by atoms with Crippen molar-refractivity contribution in [3.05, 3.63) is 18.0 Å². The van der Waals surface area contributed by atoms with Gasteiger partial charge in [0.05, 0.1) is 12.7 Å². The highest BCUT2D eigenvalue weighted by atomic mass is 16.5. The van der Waals surface area contributed by atoms with Crippen LogP contribution < -0.4 is 10.6 Å². The minimum atomic E-state index is 0.774. The fraction of sp³-hybridized carbons (Fsp3) is 0.692. The smallest absolute Gasteiger partial charge is 0.191 e. The predicted octanol–water partition coefficient (Wildman–Crippen LogP) is 0.783. The molecule has 1 aromatic heterocycles. The minimum Gasteiger partial charge on any atom is -0.382 e. The Balaban J connectivity index is 2.11. The first-order valence-electron chi connectivity index (χ1n) is 6.77. The van der Waals surface area contributed by atoms with Crippen LogP contribution in [0.15, 0.2) is 17.4 Å². The number of hydrogen-bond donors (Lipinski definition) is 2. The molecule has 6 nitrogen and oxygen atoms in total. The molecule has 0 fully saturated rings. The molecule has 1 heterocycles. The van der Waals surface area contributed by atoms with Gasteiger partial charge in [-0.05, 0) is 25.8 Å². The molecular weight excluding hydrogens is 242 g/mol. The molecule has 19 heavy (non-hydrogen) atoms. The SMILES string of the molecule is CCOCCCNC(=NC)NCCn1cc(C)cn1. The monoisotopic (exact) mass is 267 g/mol. The Morgan fingerprint density at radius 1 is 1.42 bits per heavy atom. The number of hydrogen-bond acceptors (Lipinski definition) is 3. The maximum atomic E-state index is 5.28. The first kappa shape index (κ1) is 15.5. The number of guanidine groups is 1. The summed E-state index contributed by atoms with van der Waals surface area (Å²) in [5, 5.41) is 10.7. The molecule has 0 aliphatic heterocycles. The maximum absolute atomic E-state index is 5.28. The van der Waals surface area contributed by atoms with Gasteiger partial charge < -0.3 is 15.4 Å². The highest BCUT2D eigenvalue weighted by Gasteiger charge is 1.98. The fourth-order valence-corrected chi connectivity index (χ4v) is 1.62. The Kier molecular flexibility index (Phi) is 7.65. The van der Waals surface area contributed by atoms with E-state index in [-0.39, 0.29) is 0 Å². The van der Waals surface area contributed by atoms with Crippen LogP contribution in [-0.2, 0) is 11.3 Å². The van der Waals surface area contributed by atoms with Gasteiger partial charge in [0, 0.05) is 39.5 Å². The summed E-state index contributed by atoms with van der Waals surface area (Å²) in [5.74, 6) is 0.820. The summed E-state index contributed by atoms with van der Waals surface area (Å²) in [4.78, 5) is 4.17. The van der Waals surface area contributed by atoms with Gasteiger partial charge in [-0.2, -0.15) is 5.10 Å². The number of aromatic nitrogens is 2. The van der Waals surface area contributed by atoms with Crippen LogP contribution in [0.4, 0.5) is 0 Å². The minimum absolute atomic E-state index is 0.774. The van der Waals surface area contributed by atoms with Crippen LogP contribution in [0.2, 0.25) is 0 Å².